The predicted molar refractivity (Wildman–Crippen MR) is 64.1 cm³/mol. The summed E-state index contributed by atoms with van der Waals surface area (Å²) in [5, 5.41) is 0.322. The Hall–Kier alpha value is 0.250. The van der Waals surface area contributed by atoms with Gasteiger partial charge in [-0.2, -0.15) is 0 Å². The quantitative estimate of drug-likeness (QED) is 0.513. The molecule has 1 fully saturated rings. The van der Waals surface area contributed by atoms with Gasteiger partial charge in [-0.15, -0.1) is 11.6 Å². The molecule has 84 valence electrons. The van der Waals surface area contributed by atoms with Gasteiger partial charge in [0.1, 0.15) is 0 Å². The zero-order chi connectivity index (χ0) is 10.4. The fraction of sp³-hybridized carbons (Fsp3) is 1.00. The van der Waals surface area contributed by atoms with Crippen molar-refractivity contribution in [3.63, 3.8) is 0 Å². The van der Waals surface area contributed by atoms with E-state index >= 15 is 0 Å². The number of alkyl halides is 1. The van der Waals surface area contributed by atoms with Gasteiger partial charge >= 0.3 is 0 Å². The number of hydrogen-bond donors (Lipinski definition) is 0. The van der Waals surface area contributed by atoms with Crippen LogP contribution in [0.2, 0.25) is 0 Å². The second-order valence-electron chi connectivity index (χ2n) is 4.70. The summed E-state index contributed by atoms with van der Waals surface area (Å²) in [4.78, 5) is 2.52. The van der Waals surface area contributed by atoms with Gasteiger partial charge in [-0.05, 0) is 39.8 Å². The number of nitrogens with zero attached hydrogens (tertiary/aromatic N) is 1. The molecule has 0 aromatic rings. The summed E-state index contributed by atoms with van der Waals surface area (Å²) in [5.74, 6) is 0. The van der Waals surface area contributed by atoms with Gasteiger partial charge in [0, 0.05) is 11.4 Å². The zero-order valence-electron chi connectivity index (χ0n) is 9.64. The van der Waals surface area contributed by atoms with Gasteiger partial charge in [-0.25, -0.2) is 0 Å². The monoisotopic (exact) mass is 217 g/mol. The summed E-state index contributed by atoms with van der Waals surface area (Å²) in [5.41, 5.74) is 0. The molecule has 0 aliphatic heterocycles. The molecule has 1 nitrogen and oxygen atoms in total. The lowest BCUT2D eigenvalue weighted by atomic mass is 10.1. The SMILES string of the molecule is CC(Cl)CCN(C)C1CCCCCC1. The number of halogens is 1. The molecule has 0 amide bonds. The van der Waals surface area contributed by atoms with E-state index in [2.05, 4.69) is 18.9 Å². The van der Waals surface area contributed by atoms with E-state index in [0.29, 0.717) is 5.38 Å². The molecule has 1 saturated carbocycles. The Bertz CT molecular complexity index is 139. The predicted octanol–water partition coefficient (Wildman–Crippen LogP) is 3.66. The summed E-state index contributed by atoms with van der Waals surface area (Å²) in [6, 6.07) is 0.827. The van der Waals surface area contributed by atoms with Crippen LogP contribution in [0.1, 0.15) is 51.9 Å². The van der Waals surface area contributed by atoms with E-state index in [4.69, 9.17) is 11.6 Å². The molecule has 0 aromatic carbocycles. The van der Waals surface area contributed by atoms with Crippen LogP contribution in [0.3, 0.4) is 0 Å². The first-order valence-corrected chi connectivity index (χ1v) is 6.48. The molecule has 1 unspecified atom stereocenters. The van der Waals surface area contributed by atoms with Crippen molar-refractivity contribution in [3.05, 3.63) is 0 Å². The maximum Gasteiger partial charge on any atom is 0.0320 e. The van der Waals surface area contributed by atoms with Crippen LogP contribution in [-0.4, -0.2) is 29.9 Å². The molecule has 1 aliphatic carbocycles. The molecule has 0 spiro atoms. The number of rotatable bonds is 4. The summed E-state index contributed by atoms with van der Waals surface area (Å²) in [6.45, 7) is 3.25. The molecule has 0 bridgehead atoms. The van der Waals surface area contributed by atoms with E-state index in [1.807, 2.05) is 0 Å². The average Bonchev–Trinajstić information content (AvgIpc) is 2.42. The summed E-state index contributed by atoms with van der Waals surface area (Å²) >= 11 is 5.97. The molecule has 1 aliphatic rings. The molecule has 0 N–H and O–H groups in total. The van der Waals surface area contributed by atoms with Crippen LogP contribution in [0.5, 0.6) is 0 Å². The highest BCUT2D eigenvalue weighted by Gasteiger charge is 2.16. The lowest BCUT2D eigenvalue weighted by Gasteiger charge is -2.27. The van der Waals surface area contributed by atoms with Crippen LogP contribution in [0, 0.1) is 0 Å². The van der Waals surface area contributed by atoms with Gasteiger partial charge in [-0.3, -0.25) is 0 Å². The van der Waals surface area contributed by atoms with E-state index in [-0.39, 0.29) is 0 Å². The second-order valence-corrected chi connectivity index (χ2v) is 5.44. The highest BCUT2D eigenvalue weighted by Crippen LogP contribution is 2.21. The lowest BCUT2D eigenvalue weighted by Crippen LogP contribution is -2.32. The average molecular weight is 218 g/mol. The standard InChI is InChI=1S/C12H24ClN/c1-11(13)9-10-14(2)12-7-5-3-4-6-8-12/h11-12H,3-10H2,1-2H3. The minimum atomic E-state index is 0.322. The van der Waals surface area contributed by atoms with Crippen molar-refractivity contribution < 1.29 is 0 Å². The van der Waals surface area contributed by atoms with Gasteiger partial charge in [0.05, 0.1) is 0 Å². The first kappa shape index (κ1) is 12.3. The van der Waals surface area contributed by atoms with Crippen molar-refractivity contribution in [1.29, 1.82) is 0 Å². The molecule has 0 aromatic heterocycles. The van der Waals surface area contributed by atoms with Crippen molar-refractivity contribution in [1.82, 2.24) is 4.90 Å². The first-order valence-electron chi connectivity index (χ1n) is 6.04. The molecule has 1 atom stereocenters. The van der Waals surface area contributed by atoms with Crippen LogP contribution in [-0.2, 0) is 0 Å². The summed E-state index contributed by atoms with van der Waals surface area (Å²) < 4.78 is 0. The summed E-state index contributed by atoms with van der Waals surface area (Å²) in [7, 11) is 2.26. The van der Waals surface area contributed by atoms with E-state index in [1.54, 1.807) is 0 Å². The molecule has 2 heteroatoms. The normalized spacial score (nSPS) is 22.3. The van der Waals surface area contributed by atoms with Crippen LogP contribution >= 0.6 is 11.6 Å². The Balaban J connectivity index is 2.23. The van der Waals surface area contributed by atoms with Crippen LogP contribution in [0.25, 0.3) is 0 Å². The van der Waals surface area contributed by atoms with E-state index in [0.717, 1.165) is 19.0 Å². The van der Waals surface area contributed by atoms with Gasteiger partial charge in [0.25, 0.3) is 0 Å². The lowest BCUT2D eigenvalue weighted by molar-refractivity contribution is 0.218. The third-order valence-corrected chi connectivity index (χ3v) is 3.55. The smallest absolute Gasteiger partial charge is 0.0320 e. The minimum absolute atomic E-state index is 0.322. The van der Waals surface area contributed by atoms with Crippen molar-refractivity contribution in [2.24, 2.45) is 0 Å². The fourth-order valence-corrected chi connectivity index (χ4v) is 2.36. The van der Waals surface area contributed by atoms with Crippen molar-refractivity contribution in [2.45, 2.75) is 63.3 Å². The maximum atomic E-state index is 5.97. The third kappa shape index (κ3) is 4.65. The molecule has 0 saturated heterocycles. The zero-order valence-corrected chi connectivity index (χ0v) is 10.4. The highest BCUT2D eigenvalue weighted by molar-refractivity contribution is 6.20. The Labute approximate surface area is 93.8 Å². The Kier molecular flexibility index (Phi) is 5.88. The van der Waals surface area contributed by atoms with Gasteiger partial charge in [-0.1, -0.05) is 25.7 Å². The first-order chi connectivity index (χ1) is 6.70. The van der Waals surface area contributed by atoms with E-state index < -0.39 is 0 Å². The summed E-state index contributed by atoms with van der Waals surface area (Å²) in [6.07, 6.45) is 9.64. The Morgan fingerprint density at radius 2 is 1.79 bits per heavy atom. The van der Waals surface area contributed by atoms with E-state index in [9.17, 15) is 0 Å². The van der Waals surface area contributed by atoms with Crippen LogP contribution in [0.15, 0.2) is 0 Å². The second kappa shape index (κ2) is 6.68. The molecular formula is C12H24ClN. The largest absolute Gasteiger partial charge is 0.303 e. The van der Waals surface area contributed by atoms with Crippen molar-refractivity contribution in [2.75, 3.05) is 13.6 Å². The molecule has 1 rings (SSSR count). The fourth-order valence-electron chi connectivity index (χ4n) is 2.26. The van der Waals surface area contributed by atoms with Gasteiger partial charge in [0.15, 0.2) is 0 Å². The molecule has 0 heterocycles. The topological polar surface area (TPSA) is 3.24 Å². The molecular weight excluding hydrogens is 194 g/mol. The molecule has 14 heavy (non-hydrogen) atoms. The van der Waals surface area contributed by atoms with Gasteiger partial charge in [0.2, 0.25) is 0 Å². The van der Waals surface area contributed by atoms with Gasteiger partial charge < -0.3 is 4.90 Å². The highest BCUT2D eigenvalue weighted by atomic mass is 35.5. The maximum absolute atomic E-state index is 5.97. The Morgan fingerprint density at radius 1 is 1.21 bits per heavy atom. The number of hydrogen-bond acceptors (Lipinski definition) is 1. The minimum Gasteiger partial charge on any atom is -0.303 e. The Morgan fingerprint density at radius 3 is 2.29 bits per heavy atom. The van der Waals surface area contributed by atoms with Crippen molar-refractivity contribution >= 4 is 11.6 Å². The van der Waals surface area contributed by atoms with Crippen LogP contribution in [0.4, 0.5) is 0 Å². The van der Waals surface area contributed by atoms with E-state index in [1.165, 1.54) is 38.5 Å². The van der Waals surface area contributed by atoms with Crippen LogP contribution < -0.4 is 0 Å². The molecule has 0 radical (unpaired) electrons. The van der Waals surface area contributed by atoms with Crippen molar-refractivity contribution in [3.8, 4) is 0 Å². The third-order valence-electron chi connectivity index (χ3n) is 3.33.